The first-order valence-electron chi connectivity index (χ1n) is 9.42. The van der Waals surface area contributed by atoms with Crippen molar-refractivity contribution in [3.63, 3.8) is 0 Å². The minimum absolute atomic E-state index is 0.0417. The van der Waals surface area contributed by atoms with Gasteiger partial charge in [0.05, 0.1) is 19.8 Å². The highest BCUT2D eigenvalue weighted by molar-refractivity contribution is 6.03. The molecular formula is C22H26N2O3. The van der Waals surface area contributed by atoms with Gasteiger partial charge in [-0.05, 0) is 17.5 Å². The van der Waals surface area contributed by atoms with Crippen molar-refractivity contribution in [3.8, 4) is 11.5 Å². The summed E-state index contributed by atoms with van der Waals surface area (Å²) in [6.45, 7) is 6.05. The zero-order valence-corrected chi connectivity index (χ0v) is 16.3. The lowest BCUT2D eigenvalue weighted by Gasteiger charge is -2.27. The van der Waals surface area contributed by atoms with Crippen molar-refractivity contribution in [3.05, 3.63) is 59.2 Å². The Hall–Kier alpha value is -2.53. The molecule has 1 saturated heterocycles. The first-order valence-corrected chi connectivity index (χ1v) is 9.42. The van der Waals surface area contributed by atoms with Gasteiger partial charge in [0.15, 0.2) is 11.5 Å². The summed E-state index contributed by atoms with van der Waals surface area (Å²) in [5.74, 6) is 1.55. The molecule has 2 heterocycles. The van der Waals surface area contributed by atoms with E-state index in [-0.39, 0.29) is 18.1 Å². The molecule has 2 aliphatic rings. The largest absolute Gasteiger partial charge is 0.493 e. The summed E-state index contributed by atoms with van der Waals surface area (Å²) >= 11 is 0. The molecule has 1 fully saturated rings. The Kier molecular flexibility index (Phi) is 4.56. The van der Waals surface area contributed by atoms with Crippen molar-refractivity contribution in [1.82, 2.24) is 9.80 Å². The fraction of sp³-hybridized carbons (Fsp3) is 0.409. The summed E-state index contributed by atoms with van der Waals surface area (Å²) in [4.78, 5) is 17.8. The number of ether oxygens (including phenoxy) is 2. The Morgan fingerprint density at radius 3 is 2.44 bits per heavy atom. The fourth-order valence-electron chi connectivity index (χ4n) is 4.40. The van der Waals surface area contributed by atoms with Gasteiger partial charge in [-0.25, -0.2) is 0 Å². The predicted octanol–water partition coefficient (Wildman–Crippen LogP) is 3.70. The normalized spacial score (nSPS) is 21.5. The second-order valence-electron chi connectivity index (χ2n) is 7.58. The van der Waals surface area contributed by atoms with Gasteiger partial charge in [-0.1, -0.05) is 50.2 Å². The molecule has 5 nitrogen and oxygen atoms in total. The van der Waals surface area contributed by atoms with Gasteiger partial charge in [-0.15, -0.1) is 0 Å². The Morgan fingerprint density at radius 2 is 1.81 bits per heavy atom. The Bertz CT molecular complexity index is 850. The van der Waals surface area contributed by atoms with Crippen molar-refractivity contribution < 1.29 is 14.3 Å². The van der Waals surface area contributed by atoms with E-state index in [1.807, 2.05) is 23.1 Å². The van der Waals surface area contributed by atoms with Crippen molar-refractivity contribution in [2.24, 2.45) is 5.92 Å². The number of carbonyl (C=O) groups excluding carboxylic acids is 1. The molecule has 0 spiro atoms. The molecule has 0 unspecified atom stereocenters. The third kappa shape index (κ3) is 2.77. The van der Waals surface area contributed by atoms with Crippen LogP contribution in [0.25, 0.3) is 0 Å². The third-order valence-corrected chi connectivity index (χ3v) is 5.69. The maximum atomic E-state index is 13.4. The van der Waals surface area contributed by atoms with Gasteiger partial charge in [0.1, 0.15) is 6.17 Å². The quantitative estimate of drug-likeness (QED) is 0.809. The van der Waals surface area contributed by atoms with Crippen LogP contribution in [0.1, 0.15) is 41.5 Å². The van der Waals surface area contributed by atoms with Crippen LogP contribution in [0.3, 0.4) is 0 Å². The molecule has 0 saturated carbocycles. The average molecular weight is 366 g/mol. The molecule has 0 aliphatic carbocycles. The standard InChI is InChI=1S/C22H26N2O3/c1-14(2)17-13-23(12-15-8-6-5-7-9-15)21-16-10-11-18(26-3)20(27-4)19(16)22(25)24(17)21/h5-11,14,17,21H,12-13H2,1-4H3/t17-,21+/m1/s1. The van der Waals surface area contributed by atoms with Gasteiger partial charge in [-0.3, -0.25) is 9.69 Å². The summed E-state index contributed by atoms with van der Waals surface area (Å²) in [6.07, 6.45) is -0.0556. The Morgan fingerprint density at radius 1 is 1.07 bits per heavy atom. The zero-order chi connectivity index (χ0) is 19.1. The van der Waals surface area contributed by atoms with Gasteiger partial charge < -0.3 is 14.4 Å². The van der Waals surface area contributed by atoms with Gasteiger partial charge in [-0.2, -0.15) is 0 Å². The predicted molar refractivity (Wildman–Crippen MR) is 104 cm³/mol. The number of fused-ring (bicyclic) bond motifs is 3. The van der Waals surface area contributed by atoms with Gasteiger partial charge in [0, 0.05) is 24.7 Å². The van der Waals surface area contributed by atoms with Crippen LogP contribution in [0, 0.1) is 5.92 Å². The fourth-order valence-corrected chi connectivity index (χ4v) is 4.40. The first-order chi connectivity index (χ1) is 13.1. The van der Waals surface area contributed by atoms with Gasteiger partial charge >= 0.3 is 0 Å². The minimum Gasteiger partial charge on any atom is -0.493 e. The van der Waals surface area contributed by atoms with Gasteiger partial charge in [0.25, 0.3) is 5.91 Å². The van der Waals surface area contributed by atoms with E-state index >= 15 is 0 Å². The van der Waals surface area contributed by atoms with E-state index in [1.54, 1.807) is 14.2 Å². The molecule has 2 aromatic carbocycles. The molecule has 142 valence electrons. The molecule has 0 bridgehead atoms. The van der Waals surface area contributed by atoms with E-state index in [0.29, 0.717) is 23.0 Å². The third-order valence-electron chi connectivity index (χ3n) is 5.69. The van der Waals surface area contributed by atoms with Crippen LogP contribution in [-0.4, -0.2) is 42.5 Å². The van der Waals surface area contributed by atoms with Crippen molar-refractivity contribution in [2.75, 3.05) is 20.8 Å². The van der Waals surface area contributed by atoms with E-state index in [4.69, 9.17) is 9.47 Å². The molecule has 4 rings (SSSR count). The summed E-state index contributed by atoms with van der Waals surface area (Å²) in [7, 11) is 3.19. The smallest absolute Gasteiger partial charge is 0.260 e. The number of carbonyl (C=O) groups is 1. The number of nitrogens with zero attached hydrogens (tertiary/aromatic N) is 2. The number of hydrogen-bond donors (Lipinski definition) is 0. The van der Waals surface area contributed by atoms with Crippen LogP contribution < -0.4 is 9.47 Å². The lowest BCUT2D eigenvalue weighted by molar-refractivity contribution is 0.0602. The van der Waals surface area contributed by atoms with Crippen LogP contribution in [0.5, 0.6) is 11.5 Å². The molecule has 27 heavy (non-hydrogen) atoms. The van der Waals surface area contributed by atoms with Crippen LogP contribution in [0.2, 0.25) is 0 Å². The van der Waals surface area contributed by atoms with Crippen molar-refractivity contribution in [2.45, 2.75) is 32.6 Å². The Balaban J connectivity index is 1.79. The monoisotopic (exact) mass is 366 g/mol. The minimum atomic E-state index is -0.0556. The number of amides is 1. The van der Waals surface area contributed by atoms with Crippen LogP contribution in [-0.2, 0) is 6.54 Å². The van der Waals surface area contributed by atoms with E-state index in [9.17, 15) is 4.79 Å². The topological polar surface area (TPSA) is 42.0 Å². The zero-order valence-electron chi connectivity index (χ0n) is 16.3. The first kappa shape index (κ1) is 17.9. The summed E-state index contributed by atoms with van der Waals surface area (Å²) in [6, 6.07) is 14.5. The molecule has 2 aliphatic heterocycles. The maximum absolute atomic E-state index is 13.4. The van der Waals surface area contributed by atoms with E-state index in [0.717, 1.165) is 18.7 Å². The highest BCUT2D eigenvalue weighted by Crippen LogP contribution is 2.49. The lowest BCUT2D eigenvalue weighted by Crippen LogP contribution is -2.37. The molecule has 5 heteroatoms. The summed E-state index contributed by atoms with van der Waals surface area (Å²) in [5.41, 5.74) is 2.91. The number of benzene rings is 2. The SMILES string of the molecule is COc1ccc2c(c1OC)C(=O)N1[C@@H](C(C)C)CN(Cc3ccccc3)[C@H]21. The second kappa shape index (κ2) is 6.89. The van der Waals surface area contributed by atoms with Crippen LogP contribution >= 0.6 is 0 Å². The molecule has 0 aromatic heterocycles. The summed E-state index contributed by atoms with van der Waals surface area (Å²) in [5, 5.41) is 0. The second-order valence-corrected chi connectivity index (χ2v) is 7.58. The molecule has 2 atom stereocenters. The highest BCUT2D eigenvalue weighted by Gasteiger charge is 2.51. The van der Waals surface area contributed by atoms with E-state index in [1.165, 1.54) is 5.56 Å². The summed E-state index contributed by atoms with van der Waals surface area (Å²) < 4.78 is 11.0. The number of rotatable bonds is 5. The number of hydrogen-bond acceptors (Lipinski definition) is 4. The Labute approximate surface area is 160 Å². The van der Waals surface area contributed by atoms with Crippen molar-refractivity contribution >= 4 is 5.91 Å². The van der Waals surface area contributed by atoms with Gasteiger partial charge in [0.2, 0.25) is 0 Å². The van der Waals surface area contributed by atoms with Crippen LogP contribution in [0.15, 0.2) is 42.5 Å². The molecular weight excluding hydrogens is 340 g/mol. The molecule has 1 amide bonds. The highest BCUT2D eigenvalue weighted by atomic mass is 16.5. The molecule has 2 aromatic rings. The average Bonchev–Trinajstić information content (AvgIpc) is 3.19. The van der Waals surface area contributed by atoms with E-state index < -0.39 is 0 Å². The number of methoxy groups -OCH3 is 2. The van der Waals surface area contributed by atoms with E-state index in [2.05, 4.69) is 43.0 Å². The van der Waals surface area contributed by atoms with Crippen molar-refractivity contribution in [1.29, 1.82) is 0 Å². The maximum Gasteiger partial charge on any atom is 0.260 e. The molecule has 0 N–H and O–H groups in total. The van der Waals surface area contributed by atoms with Crippen LogP contribution in [0.4, 0.5) is 0 Å². The lowest BCUT2D eigenvalue weighted by atomic mass is 10.0. The molecule has 0 radical (unpaired) electrons.